The Morgan fingerprint density at radius 2 is 1.70 bits per heavy atom. The van der Waals surface area contributed by atoms with Crippen LogP contribution in [0.4, 0.5) is 4.79 Å². The van der Waals surface area contributed by atoms with Gasteiger partial charge in [-0.2, -0.15) is 0 Å². The lowest BCUT2D eigenvalue weighted by molar-refractivity contribution is -0.140. The molecular formula is C12H23N3O5. The number of carboxylic acid groups (broad SMARTS) is 2. The quantitative estimate of drug-likeness (QED) is 0.546. The standard InChI is InChI=1S/C12H23N3O5/c1-14(2)7-8-15(3)12(20)13-9(11(18)19)5-4-6-10(16)17/h9H,4-8H2,1-3H3,(H,13,20)(H,16,17)(H,18,19)/t9-/m1/s1. The van der Waals surface area contributed by atoms with Gasteiger partial charge in [-0.3, -0.25) is 4.79 Å². The van der Waals surface area contributed by atoms with Gasteiger partial charge in [-0.25, -0.2) is 9.59 Å². The molecule has 0 aliphatic carbocycles. The highest BCUT2D eigenvalue weighted by molar-refractivity contribution is 5.82. The summed E-state index contributed by atoms with van der Waals surface area (Å²) < 4.78 is 0. The van der Waals surface area contributed by atoms with E-state index in [0.29, 0.717) is 13.1 Å². The molecule has 0 fully saturated rings. The zero-order valence-corrected chi connectivity index (χ0v) is 12.1. The lowest BCUT2D eigenvalue weighted by Gasteiger charge is -2.22. The minimum absolute atomic E-state index is 0.0922. The molecule has 3 N–H and O–H groups in total. The maximum atomic E-state index is 11.8. The second-order valence-corrected chi connectivity index (χ2v) is 4.85. The Labute approximate surface area is 118 Å². The Kier molecular flexibility index (Phi) is 8.30. The van der Waals surface area contributed by atoms with Crippen LogP contribution in [0.1, 0.15) is 19.3 Å². The molecular weight excluding hydrogens is 266 g/mol. The molecule has 0 rings (SSSR count). The predicted octanol–water partition coefficient (Wildman–Crippen LogP) is -0.102. The minimum atomic E-state index is -1.16. The molecule has 8 nitrogen and oxygen atoms in total. The molecule has 0 bridgehead atoms. The zero-order chi connectivity index (χ0) is 15.7. The lowest BCUT2D eigenvalue weighted by Crippen LogP contribution is -2.48. The van der Waals surface area contributed by atoms with Gasteiger partial charge in [0.05, 0.1) is 0 Å². The summed E-state index contributed by atoms with van der Waals surface area (Å²) >= 11 is 0. The molecule has 0 saturated heterocycles. The van der Waals surface area contributed by atoms with Gasteiger partial charge >= 0.3 is 18.0 Å². The fourth-order valence-electron chi connectivity index (χ4n) is 1.43. The number of amides is 2. The molecule has 0 unspecified atom stereocenters. The lowest BCUT2D eigenvalue weighted by atomic mass is 10.1. The molecule has 0 aromatic rings. The van der Waals surface area contributed by atoms with E-state index in [-0.39, 0.29) is 19.3 Å². The van der Waals surface area contributed by atoms with E-state index in [4.69, 9.17) is 10.2 Å². The Bertz CT molecular complexity index is 346. The largest absolute Gasteiger partial charge is 0.481 e. The Hall–Kier alpha value is -1.83. The Balaban J connectivity index is 4.25. The van der Waals surface area contributed by atoms with Gasteiger partial charge in [0.25, 0.3) is 0 Å². The average Bonchev–Trinajstić information content (AvgIpc) is 2.33. The third-order valence-electron chi connectivity index (χ3n) is 2.71. The monoisotopic (exact) mass is 289 g/mol. The molecule has 116 valence electrons. The fraction of sp³-hybridized carbons (Fsp3) is 0.750. The number of hydrogen-bond donors (Lipinski definition) is 3. The molecule has 2 amide bonds. The summed E-state index contributed by atoms with van der Waals surface area (Å²) in [7, 11) is 5.32. The summed E-state index contributed by atoms with van der Waals surface area (Å²) in [6, 6.07) is -1.54. The first kappa shape index (κ1) is 18.2. The van der Waals surface area contributed by atoms with Crippen molar-refractivity contribution in [2.24, 2.45) is 0 Å². The first-order valence-electron chi connectivity index (χ1n) is 6.35. The molecule has 0 aromatic heterocycles. The van der Waals surface area contributed by atoms with E-state index in [2.05, 4.69) is 5.32 Å². The van der Waals surface area contributed by atoms with Crippen molar-refractivity contribution < 1.29 is 24.6 Å². The van der Waals surface area contributed by atoms with Crippen molar-refractivity contribution in [1.29, 1.82) is 0 Å². The number of carbonyl (C=O) groups is 3. The van der Waals surface area contributed by atoms with Crippen molar-refractivity contribution in [2.45, 2.75) is 25.3 Å². The van der Waals surface area contributed by atoms with Crippen molar-refractivity contribution in [1.82, 2.24) is 15.1 Å². The molecule has 0 radical (unpaired) electrons. The van der Waals surface area contributed by atoms with Gasteiger partial charge in [-0.15, -0.1) is 0 Å². The number of likely N-dealkylation sites (N-methyl/N-ethyl adjacent to an activating group) is 2. The molecule has 0 heterocycles. The van der Waals surface area contributed by atoms with Crippen LogP contribution in [0.15, 0.2) is 0 Å². The number of nitrogens with one attached hydrogen (secondary N) is 1. The molecule has 20 heavy (non-hydrogen) atoms. The minimum Gasteiger partial charge on any atom is -0.481 e. The third kappa shape index (κ3) is 8.30. The van der Waals surface area contributed by atoms with Gasteiger partial charge in [0.15, 0.2) is 0 Å². The molecule has 0 saturated carbocycles. The van der Waals surface area contributed by atoms with Crippen LogP contribution in [-0.2, 0) is 9.59 Å². The summed E-state index contributed by atoms with van der Waals surface area (Å²) in [4.78, 5) is 36.5. The molecule has 0 aromatic carbocycles. The number of aliphatic carboxylic acids is 2. The van der Waals surface area contributed by atoms with E-state index in [0.717, 1.165) is 0 Å². The van der Waals surface area contributed by atoms with Crippen LogP contribution in [0.2, 0.25) is 0 Å². The van der Waals surface area contributed by atoms with Crippen molar-refractivity contribution >= 4 is 18.0 Å². The summed E-state index contributed by atoms with van der Waals surface area (Å²) in [6.45, 7) is 1.14. The van der Waals surface area contributed by atoms with Crippen LogP contribution in [-0.4, -0.2) is 78.3 Å². The van der Waals surface area contributed by atoms with E-state index in [9.17, 15) is 14.4 Å². The van der Waals surface area contributed by atoms with Gasteiger partial charge in [-0.05, 0) is 26.9 Å². The second-order valence-electron chi connectivity index (χ2n) is 4.85. The number of carboxylic acids is 2. The molecule has 0 aliphatic rings. The number of carbonyl (C=O) groups excluding carboxylic acids is 1. The van der Waals surface area contributed by atoms with Gasteiger partial charge in [0.2, 0.25) is 0 Å². The Morgan fingerprint density at radius 3 is 2.15 bits per heavy atom. The van der Waals surface area contributed by atoms with E-state index in [1.807, 2.05) is 19.0 Å². The SMILES string of the molecule is CN(C)CCN(C)C(=O)N[C@H](CCCC(=O)O)C(=O)O. The highest BCUT2D eigenvalue weighted by Crippen LogP contribution is 2.02. The molecule has 0 spiro atoms. The van der Waals surface area contributed by atoms with Crippen LogP contribution in [0.3, 0.4) is 0 Å². The summed E-state index contributed by atoms with van der Waals surface area (Å²) in [5, 5.41) is 19.9. The molecule has 0 aliphatic heterocycles. The average molecular weight is 289 g/mol. The topological polar surface area (TPSA) is 110 Å². The van der Waals surface area contributed by atoms with Crippen molar-refractivity contribution in [2.75, 3.05) is 34.2 Å². The van der Waals surface area contributed by atoms with Gasteiger partial charge < -0.3 is 25.3 Å². The number of hydrogen-bond acceptors (Lipinski definition) is 4. The van der Waals surface area contributed by atoms with Crippen LogP contribution in [0, 0.1) is 0 Å². The predicted molar refractivity (Wildman–Crippen MR) is 72.6 cm³/mol. The Morgan fingerprint density at radius 1 is 1.10 bits per heavy atom. The zero-order valence-electron chi connectivity index (χ0n) is 12.1. The number of rotatable bonds is 9. The first-order valence-corrected chi connectivity index (χ1v) is 6.35. The van der Waals surface area contributed by atoms with E-state index >= 15 is 0 Å². The summed E-state index contributed by atoms with van der Waals surface area (Å²) in [5.41, 5.74) is 0. The summed E-state index contributed by atoms with van der Waals surface area (Å²) in [5.74, 6) is -2.15. The van der Waals surface area contributed by atoms with Crippen LogP contribution in [0.5, 0.6) is 0 Å². The van der Waals surface area contributed by atoms with Crippen LogP contribution in [0.25, 0.3) is 0 Å². The smallest absolute Gasteiger partial charge is 0.326 e. The molecule has 1 atom stereocenters. The van der Waals surface area contributed by atoms with E-state index < -0.39 is 24.0 Å². The van der Waals surface area contributed by atoms with Crippen molar-refractivity contribution in [3.8, 4) is 0 Å². The van der Waals surface area contributed by atoms with Crippen molar-refractivity contribution in [3.63, 3.8) is 0 Å². The van der Waals surface area contributed by atoms with Gasteiger partial charge in [0, 0.05) is 26.6 Å². The normalized spacial score (nSPS) is 12.0. The first-order chi connectivity index (χ1) is 9.23. The van der Waals surface area contributed by atoms with Gasteiger partial charge in [-0.1, -0.05) is 0 Å². The van der Waals surface area contributed by atoms with E-state index in [1.54, 1.807) is 7.05 Å². The highest BCUT2D eigenvalue weighted by atomic mass is 16.4. The molecule has 8 heteroatoms. The van der Waals surface area contributed by atoms with Gasteiger partial charge in [0.1, 0.15) is 6.04 Å². The second kappa shape index (κ2) is 9.13. The van der Waals surface area contributed by atoms with Crippen molar-refractivity contribution in [3.05, 3.63) is 0 Å². The number of urea groups is 1. The van der Waals surface area contributed by atoms with Crippen LogP contribution >= 0.6 is 0 Å². The van der Waals surface area contributed by atoms with Crippen LogP contribution < -0.4 is 5.32 Å². The van der Waals surface area contributed by atoms with E-state index in [1.165, 1.54) is 4.90 Å². The maximum absolute atomic E-state index is 11.8. The highest BCUT2D eigenvalue weighted by Gasteiger charge is 2.21. The fourth-order valence-corrected chi connectivity index (χ4v) is 1.43. The third-order valence-corrected chi connectivity index (χ3v) is 2.71. The maximum Gasteiger partial charge on any atom is 0.326 e. The summed E-state index contributed by atoms with van der Waals surface area (Å²) in [6.07, 6.45) is 0.180. The number of nitrogens with zero attached hydrogens (tertiary/aromatic N) is 2.